The maximum Gasteiger partial charge on any atom is 0.200 e. The van der Waals surface area contributed by atoms with Crippen LogP contribution in [0.4, 0.5) is 0 Å². The number of halogens is 2. The van der Waals surface area contributed by atoms with Crippen molar-refractivity contribution in [1.29, 1.82) is 0 Å². The van der Waals surface area contributed by atoms with Gasteiger partial charge in [-0.1, -0.05) is 23.7 Å². The Kier molecular flexibility index (Phi) is 2.16. The molecule has 1 aromatic carbocycles. The molecule has 3 heteroatoms. The molecule has 2 aliphatic rings. The number of Topliss-reactive ketones (excluding diaryl/α,β-unsaturated/α-hetero) is 1. The van der Waals surface area contributed by atoms with Crippen molar-refractivity contribution >= 4 is 45.0 Å². The number of hydrogen-bond acceptors (Lipinski definition) is 1. The first-order valence-corrected chi connectivity index (χ1v) is 5.98. The maximum atomic E-state index is 11.9. The Morgan fingerprint density at radius 3 is 2.75 bits per heavy atom. The zero-order chi connectivity index (χ0) is 11.3. The molecule has 0 saturated heterocycles. The molecule has 0 saturated carbocycles. The van der Waals surface area contributed by atoms with Gasteiger partial charge in [-0.3, -0.25) is 4.79 Å². The lowest BCUT2D eigenvalue weighted by Gasteiger charge is -2.09. The molecule has 0 spiro atoms. The minimum absolute atomic E-state index is 0.0322. The van der Waals surface area contributed by atoms with Crippen LogP contribution in [0.3, 0.4) is 0 Å². The smallest absolute Gasteiger partial charge is 0.200 e. The summed E-state index contributed by atoms with van der Waals surface area (Å²) in [6.07, 6.45) is 5.64. The molecule has 1 nitrogen and oxygen atoms in total. The Balaban J connectivity index is 2.25. The highest BCUT2D eigenvalue weighted by atomic mass is 79.9. The van der Waals surface area contributed by atoms with Crippen LogP contribution in [0.5, 0.6) is 0 Å². The van der Waals surface area contributed by atoms with E-state index >= 15 is 0 Å². The molecule has 2 aliphatic carbocycles. The highest BCUT2D eigenvalue weighted by molar-refractivity contribution is 9.12. The summed E-state index contributed by atoms with van der Waals surface area (Å²) in [5.41, 5.74) is 3.79. The number of carbonyl (C=O) groups excluding carboxylic acids is 1. The largest absolute Gasteiger partial charge is 0.288 e. The van der Waals surface area contributed by atoms with Crippen molar-refractivity contribution in [2.24, 2.45) is 0 Å². The zero-order valence-corrected chi connectivity index (χ0v) is 10.5. The molecule has 0 amide bonds. The Morgan fingerprint density at radius 2 is 1.94 bits per heavy atom. The van der Waals surface area contributed by atoms with Crippen LogP contribution >= 0.6 is 27.5 Å². The number of benzene rings is 1. The monoisotopic (exact) mass is 292 g/mol. The fourth-order valence-electron chi connectivity index (χ4n) is 1.99. The predicted molar refractivity (Wildman–Crippen MR) is 69.4 cm³/mol. The van der Waals surface area contributed by atoms with Crippen LogP contribution in [-0.2, 0) is 4.79 Å². The molecular weight excluding hydrogens is 287 g/mol. The van der Waals surface area contributed by atoms with Gasteiger partial charge in [-0.2, -0.15) is 0 Å². The molecule has 0 bridgehead atoms. The van der Waals surface area contributed by atoms with E-state index < -0.39 is 0 Å². The van der Waals surface area contributed by atoms with Crippen molar-refractivity contribution in [3.8, 4) is 0 Å². The average Bonchev–Trinajstić information content (AvgIpc) is 2.62. The van der Waals surface area contributed by atoms with Crippen LogP contribution in [0.15, 0.2) is 40.4 Å². The molecule has 0 heterocycles. The second-order valence-electron chi connectivity index (χ2n) is 3.71. The van der Waals surface area contributed by atoms with Crippen LogP contribution in [0, 0.1) is 0 Å². The fraction of sp³-hybridized carbons (Fsp3) is 0. The molecule has 0 radical (unpaired) electrons. The van der Waals surface area contributed by atoms with E-state index in [2.05, 4.69) is 15.9 Å². The van der Waals surface area contributed by atoms with Crippen LogP contribution in [0.25, 0.3) is 11.6 Å². The minimum Gasteiger partial charge on any atom is -0.288 e. The lowest BCUT2D eigenvalue weighted by Crippen LogP contribution is -2.04. The summed E-state index contributed by atoms with van der Waals surface area (Å²) in [6, 6.07) is 5.67. The van der Waals surface area contributed by atoms with Gasteiger partial charge < -0.3 is 0 Å². The standard InChI is InChI=1S/C13H6BrClO/c14-12-4-3-9-10-6-8(15)2-1-7(10)5-11(9)13(12)16/h1-6H. The highest BCUT2D eigenvalue weighted by Crippen LogP contribution is 2.41. The van der Waals surface area contributed by atoms with Crippen molar-refractivity contribution in [2.75, 3.05) is 0 Å². The van der Waals surface area contributed by atoms with Crippen LogP contribution in [0.1, 0.15) is 11.1 Å². The molecule has 0 unspecified atom stereocenters. The third kappa shape index (κ3) is 1.34. The topological polar surface area (TPSA) is 17.1 Å². The van der Waals surface area contributed by atoms with Gasteiger partial charge in [-0.25, -0.2) is 0 Å². The second-order valence-corrected chi connectivity index (χ2v) is 5.00. The molecule has 0 fully saturated rings. The number of rotatable bonds is 0. The van der Waals surface area contributed by atoms with Gasteiger partial charge in [0.25, 0.3) is 0 Å². The Morgan fingerprint density at radius 1 is 1.12 bits per heavy atom. The molecule has 0 atom stereocenters. The molecule has 0 aliphatic heterocycles. The first kappa shape index (κ1) is 10.1. The van der Waals surface area contributed by atoms with Gasteiger partial charge in [0.1, 0.15) is 0 Å². The molecule has 0 aromatic heterocycles. The molecule has 0 N–H and O–H groups in total. The summed E-state index contributed by atoms with van der Waals surface area (Å²) in [4.78, 5) is 11.9. The summed E-state index contributed by atoms with van der Waals surface area (Å²) in [6.45, 7) is 0. The number of hydrogen-bond donors (Lipinski definition) is 0. The molecular formula is C13H6BrClO. The van der Waals surface area contributed by atoms with E-state index in [0.29, 0.717) is 9.51 Å². The third-order valence-electron chi connectivity index (χ3n) is 2.75. The molecule has 3 rings (SSSR count). The summed E-state index contributed by atoms with van der Waals surface area (Å²) in [5.74, 6) is 0.0322. The van der Waals surface area contributed by atoms with E-state index in [1.165, 1.54) is 0 Å². The van der Waals surface area contributed by atoms with E-state index in [0.717, 1.165) is 22.3 Å². The minimum atomic E-state index is 0.0322. The summed E-state index contributed by atoms with van der Waals surface area (Å²) < 4.78 is 0.599. The first-order valence-electron chi connectivity index (χ1n) is 4.81. The van der Waals surface area contributed by atoms with Crippen molar-refractivity contribution < 1.29 is 4.79 Å². The molecule has 16 heavy (non-hydrogen) atoms. The average molecular weight is 294 g/mol. The van der Waals surface area contributed by atoms with Gasteiger partial charge in [-0.05, 0) is 56.9 Å². The number of carbonyl (C=O) groups is 1. The quantitative estimate of drug-likeness (QED) is 0.707. The van der Waals surface area contributed by atoms with Crippen LogP contribution in [0.2, 0.25) is 5.02 Å². The van der Waals surface area contributed by atoms with E-state index in [1.54, 1.807) is 6.08 Å². The Labute approximate surface area is 106 Å². The van der Waals surface area contributed by atoms with Crippen molar-refractivity contribution in [1.82, 2.24) is 0 Å². The maximum absolute atomic E-state index is 11.9. The lowest BCUT2D eigenvalue weighted by molar-refractivity contribution is -0.111. The second kappa shape index (κ2) is 3.44. The van der Waals surface area contributed by atoms with Gasteiger partial charge >= 0.3 is 0 Å². The number of ketones is 1. The van der Waals surface area contributed by atoms with E-state index in [1.807, 2.05) is 30.4 Å². The first-order chi connectivity index (χ1) is 7.66. The summed E-state index contributed by atoms with van der Waals surface area (Å²) in [5, 5.41) is 0.690. The molecule has 78 valence electrons. The van der Waals surface area contributed by atoms with Crippen molar-refractivity contribution in [2.45, 2.75) is 0 Å². The van der Waals surface area contributed by atoms with E-state index in [-0.39, 0.29) is 5.78 Å². The van der Waals surface area contributed by atoms with E-state index in [9.17, 15) is 4.79 Å². The predicted octanol–water partition coefficient (Wildman–Crippen LogP) is 3.98. The van der Waals surface area contributed by atoms with Crippen molar-refractivity contribution in [3.63, 3.8) is 0 Å². The SMILES string of the molecule is O=C1C(Br)=CC=C2C1=Cc1ccc(Cl)cc12. The Hall–Kier alpha value is -1.12. The van der Waals surface area contributed by atoms with Gasteiger partial charge in [-0.15, -0.1) is 0 Å². The normalized spacial score (nSPS) is 17.4. The van der Waals surface area contributed by atoms with Crippen LogP contribution in [-0.4, -0.2) is 5.78 Å². The number of allylic oxidation sites excluding steroid dienone is 5. The third-order valence-corrected chi connectivity index (χ3v) is 3.61. The zero-order valence-electron chi connectivity index (χ0n) is 8.13. The lowest BCUT2D eigenvalue weighted by atomic mass is 9.96. The Bertz CT molecular complexity index is 608. The van der Waals surface area contributed by atoms with E-state index in [4.69, 9.17) is 11.6 Å². The van der Waals surface area contributed by atoms with Crippen molar-refractivity contribution in [3.05, 3.63) is 56.6 Å². The summed E-state index contributed by atoms with van der Waals surface area (Å²) in [7, 11) is 0. The van der Waals surface area contributed by atoms with Gasteiger partial charge in [0.05, 0.1) is 4.48 Å². The fourth-order valence-corrected chi connectivity index (χ4v) is 2.51. The molecule has 1 aromatic rings. The van der Waals surface area contributed by atoms with Crippen LogP contribution < -0.4 is 0 Å². The number of fused-ring (bicyclic) bond motifs is 3. The summed E-state index contributed by atoms with van der Waals surface area (Å²) >= 11 is 9.21. The van der Waals surface area contributed by atoms with Gasteiger partial charge in [0, 0.05) is 10.6 Å². The van der Waals surface area contributed by atoms with Gasteiger partial charge in [0.2, 0.25) is 5.78 Å². The van der Waals surface area contributed by atoms with Gasteiger partial charge in [0.15, 0.2) is 0 Å². The highest BCUT2D eigenvalue weighted by Gasteiger charge is 2.27.